The molecule has 1 saturated heterocycles. The Bertz CT molecular complexity index is 327. The molecule has 3 nitrogen and oxygen atoms in total. The summed E-state index contributed by atoms with van der Waals surface area (Å²) in [6, 6.07) is 0. The maximum Gasteiger partial charge on any atom is 0.123 e. The first-order chi connectivity index (χ1) is 7.81. The summed E-state index contributed by atoms with van der Waals surface area (Å²) in [4.78, 5) is 7.02. The van der Waals surface area contributed by atoms with Gasteiger partial charge in [0, 0.05) is 6.54 Å². The molecule has 1 aromatic rings. The fourth-order valence-electron chi connectivity index (χ4n) is 2.34. The molecule has 0 aliphatic carbocycles. The van der Waals surface area contributed by atoms with E-state index in [0.717, 1.165) is 17.7 Å². The van der Waals surface area contributed by atoms with Crippen LogP contribution >= 0.6 is 15.9 Å². The highest BCUT2D eigenvalue weighted by molar-refractivity contribution is 9.10. The lowest BCUT2D eigenvalue weighted by atomic mass is 10.2. The van der Waals surface area contributed by atoms with E-state index in [1.54, 1.807) is 0 Å². The second-order valence-electron chi connectivity index (χ2n) is 4.43. The minimum Gasteiger partial charge on any atom is -0.322 e. The van der Waals surface area contributed by atoms with Crippen molar-refractivity contribution in [1.82, 2.24) is 14.5 Å². The van der Waals surface area contributed by atoms with Crippen molar-refractivity contribution in [1.29, 1.82) is 0 Å². The highest BCUT2D eigenvalue weighted by Gasteiger charge is 2.13. The van der Waals surface area contributed by atoms with E-state index in [9.17, 15) is 0 Å². The molecule has 0 unspecified atom stereocenters. The molecule has 1 aliphatic heterocycles. The van der Waals surface area contributed by atoms with Gasteiger partial charge in [-0.25, -0.2) is 4.98 Å². The average molecular weight is 286 g/mol. The van der Waals surface area contributed by atoms with Gasteiger partial charge in [-0.2, -0.15) is 0 Å². The number of imidazole rings is 1. The average Bonchev–Trinajstić information content (AvgIpc) is 2.51. The van der Waals surface area contributed by atoms with Crippen LogP contribution in [-0.4, -0.2) is 27.5 Å². The van der Waals surface area contributed by atoms with Gasteiger partial charge in [-0.15, -0.1) is 0 Å². The number of nitrogens with zero attached hydrogens (tertiary/aromatic N) is 3. The van der Waals surface area contributed by atoms with Gasteiger partial charge in [0.1, 0.15) is 10.4 Å². The summed E-state index contributed by atoms with van der Waals surface area (Å²) in [5.74, 6) is 1.19. The maximum absolute atomic E-state index is 4.49. The minimum atomic E-state index is 0.990. The van der Waals surface area contributed by atoms with Crippen molar-refractivity contribution in [2.24, 2.45) is 0 Å². The molecule has 0 spiro atoms. The highest BCUT2D eigenvalue weighted by atomic mass is 79.9. The molecule has 0 radical (unpaired) electrons. The monoisotopic (exact) mass is 285 g/mol. The van der Waals surface area contributed by atoms with Crippen molar-refractivity contribution >= 4 is 15.9 Å². The van der Waals surface area contributed by atoms with Crippen LogP contribution in [-0.2, 0) is 13.1 Å². The number of halogens is 1. The first-order valence-corrected chi connectivity index (χ1v) is 7.03. The van der Waals surface area contributed by atoms with Gasteiger partial charge < -0.3 is 4.57 Å². The van der Waals surface area contributed by atoms with E-state index < -0.39 is 0 Å². The summed E-state index contributed by atoms with van der Waals surface area (Å²) in [6.07, 6.45) is 7.38. The molecule has 1 fully saturated rings. The zero-order chi connectivity index (χ0) is 11.4. The van der Waals surface area contributed by atoms with Crippen LogP contribution in [0.15, 0.2) is 10.8 Å². The van der Waals surface area contributed by atoms with Gasteiger partial charge in [0.05, 0.1) is 12.7 Å². The van der Waals surface area contributed by atoms with Crippen LogP contribution in [0.25, 0.3) is 0 Å². The Hall–Kier alpha value is -0.350. The number of hydrogen-bond acceptors (Lipinski definition) is 2. The number of rotatable bonds is 3. The normalized spacial score (nSPS) is 18.6. The van der Waals surface area contributed by atoms with Crippen LogP contribution < -0.4 is 0 Å². The molecule has 1 aliphatic rings. The van der Waals surface area contributed by atoms with Gasteiger partial charge >= 0.3 is 0 Å². The standard InChI is InChI=1S/C12H20BrN3/c1-2-16-11(13)9-14-12(16)10-15-7-5-3-4-6-8-15/h9H,2-8,10H2,1H3. The topological polar surface area (TPSA) is 21.1 Å². The maximum atomic E-state index is 4.49. The van der Waals surface area contributed by atoms with Crippen molar-refractivity contribution in [3.63, 3.8) is 0 Å². The van der Waals surface area contributed by atoms with E-state index >= 15 is 0 Å². The summed E-state index contributed by atoms with van der Waals surface area (Å²) in [7, 11) is 0. The zero-order valence-corrected chi connectivity index (χ0v) is 11.5. The lowest BCUT2D eigenvalue weighted by Crippen LogP contribution is -2.25. The Kier molecular flexibility index (Phi) is 4.41. The molecule has 16 heavy (non-hydrogen) atoms. The lowest BCUT2D eigenvalue weighted by molar-refractivity contribution is 0.266. The van der Waals surface area contributed by atoms with Gasteiger partial charge in [0.2, 0.25) is 0 Å². The molecular formula is C12H20BrN3. The predicted octanol–water partition coefficient (Wildman–Crippen LogP) is 3.04. The third kappa shape index (κ3) is 2.86. The summed E-state index contributed by atoms with van der Waals surface area (Å²) < 4.78 is 3.34. The Labute approximate surface area is 106 Å². The van der Waals surface area contributed by atoms with E-state index in [1.807, 2.05) is 6.20 Å². The van der Waals surface area contributed by atoms with Crippen LogP contribution in [0.3, 0.4) is 0 Å². The quantitative estimate of drug-likeness (QED) is 0.851. The molecule has 0 amide bonds. The molecule has 4 heteroatoms. The van der Waals surface area contributed by atoms with E-state index in [2.05, 4.69) is 37.3 Å². The molecule has 2 rings (SSSR count). The number of hydrogen-bond donors (Lipinski definition) is 0. The van der Waals surface area contributed by atoms with Gasteiger partial charge in [-0.1, -0.05) is 12.8 Å². The second kappa shape index (κ2) is 5.82. The molecular weight excluding hydrogens is 266 g/mol. The molecule has 0 N–H and O–H groups in total. The van der Waals surface area contributed by atoms with E-state index in [-0.39, 0.29) is 0 Å². The van der Waals surface area contributed by atoms with Gasteiger partial charge in [-0.3, -0.25) is 4.90 Å². The molecule has 0 bridgehead atoms. The summed E-state index contributed by atoms with van der Waals surface area (Å²) in [5.41, 5.74) is 0. The van der Waals surface area contributed by atoms with Crippen LogP contribution in [0.4, 0.5) is 0 Å². The zero-order valence-electron chi connectivity index (χ0n) is 9.95. The smallest absolute Gasteiger partial charge is 0.123 e. The summed E-state index contributed by atoms with van der Waals surface area (Å²) in [6.45, 7) is 6.62. The largest absolute Gasteiger partial charge is 0.322 e. The Morgan fingerprint density at radius 1 is 1.25 bits per heavy atom. The fraction of sp³-hybridized carbons (Fsp3) is 0.750. The van der Waals surface area contributed by atoms with Crippen molar-refractivity contribution in [2.75, 3.05) is 13.1 Å². The molecule has 0 atom stereocenters. The van der Waals surface area contributed by atoms with Crippen LogP contribution in [0.5, 0.6) is 0 Å². The van der Waals surface area contributed by atoms with Gasteiger partial charge in [0.15, 0.2) is 0 Å². The van der Waals surface area contributed by atoms with Crippen molar-refractivity contribution in [2.45, 2.75) is 45.7 Å². The van der Waals surface area contributed by atoms with E-state index in [0.29, 0.717) is 0 Å². The van der Waals surface area contributed by atoms with Crippen molar-refractivity contribution < 1.29 is 0 Å². The van der Waals surface area contributed by atoms with Crippen molar-refractivity contribution in [3.8, 4) is 0 Å². The molecule has 1 aromatic heterocycles. The van der Waals surface area contributed by atoms with Crippen LogP contribution in [0, 0.1) is 0 Å². The first kappa shape index (κ1) is 12.1. The lowest BCUT2D eigenvalue weighted by Gasteiger charge is -2.19. The third-order valence-electron chi connectivity index (χ3n) is 3.27. The molecule has 90 valence electrons. The Balaban J connectivity index is 2.01. The van der Waals surface area contributed by atoms with Gasteiger partial charge in [-0.05, 0) is 48.8 Å². The Morgan fingerprint density at radius 2 is 1.94 bits per heavy atom. The predicted molar refractivity (Wildman–Crippen MR) is 69.3 cm³/mol. The summed E-state index contributed by atoms with van der Waals surface area (Å²) in [5, 5.41) is 0. The SMILES string of the molecule is CCn1c(Br)cnc1CN1CCCCCC1. The fourth-order valence-corrected chi connectivity index (χ4v) is 2.90. The van der Waals surface area contributed by atoms with Crippen LogP contribution in [0.1, 0.15) is 38.4 Å². The van der Waals surface area contributed by atoms with E-state index in [4.69, 9.17) is 0 Å². The highest BCUT2D eigenvalue weighted by Crippen LogP contribution is 2.16. The van der Waals surface area contributed by atoms with E-state index in [1.165, 1.54) is 44.6 Å². The van der Waals surface area contributed by atoms with Gasteiger partial charge in [0.25, 0.3) is 0 Å². The number of aromatic nitrogens is 2. The van der Waals surface area contributed by atoms with Crippen molar-refractivity contribution in [3.05, 3.63) is 16.6 Å². The molecule has 0 aromatic carbocycles. The minimum absolute atomic E-state index is 0.990. The first-order valence-electron chi connectivity index (χ1n) is 6.23. The second-order valence-corrected chi connectivity index (χ2v) is 5.24. The van der Waals surface area contributed by atoms with Crippen LogP contribution in [0.2, 0.25) is 0 Å². The Morgan fingerprint density at radius 3 is 2.56 bits per heavy atom. The molecule has 2 heterocycles. The third-order valence-corrected chi connectivity index (χ3v) is 3.90. The number of likely N-dealkylation sites (tertiary alicyclic amines) is 1. The summed E-state index contributed by atoms with van der Waals surface area (Å²) >= 11 is 3.54. The molecule has 0 saturated carbocycles.